The van der Waals surface area contributed by atoms with E-state index in [0.29, 0.717) is 0 Å². The second kappa shape index (κ2) is 8.84. The van der Waals surface area contributed by atoms with E-state index in [1.807, 2.05) is 12.2 Å². The Hall–Kier alpha value is -0.250. The highest BCUT2D eigenvalue weighted by Gasteiger charge is 1.89. The number of allylic oxidation sites excluding steroid dienone is 4. The van der Waals surface area contributed by atoms with E-state index in [2.05, 4.69) is 31.1 Å². The van der Waals surface area contributed by atoms with Gasteiger partial charge in [0.15, 0.2) is 0 Å². The van der Waals surface area contributed by atoms with Crippen LogP contribution in [0.5, 0.6) is 0 Å². The predicted molar refractivity (Wildman–Crippen MR) is 57.9 cm³/mol. The zero-order valence-corrected chi connectivity index (χ0v) is 8.48. The maximum atomic E-state index is 4.89. The first kappa shape index (κ1) is 11.8. The number of thiol groups is 1. The Labute approximate surface area is 80.3 Å². The van der Waals surface area contributed by atoms with Crippen molar-refractivity contribution in [2.75, 3.05) is 6.54 Å². The third-order valence-electron chi connectivity index (χ3n) is 1.39. The fourth-order valence-electron chi connectivity index (χ4n) is 0.734. The van der Waals surface area contributed by atoms with E-state index in [-0.39, 0.29) is 0 Å². The summed E-state index contributed by atoms with van der Waals surface area (Å²) in [5.74, 6) is 4.89. The van der Waals surface area contributed by atoms with Crippen LogP contribution in [-0.2, 0) is 0 Å². The zero-order valence-electron chi connectivity index (χ0n) is 7.59. The van der Waals surface area contributed by atoms with Gasteiger partial charge in [-0.1, -0.05) is 25.2 Å². The fourth-order valence-corrected chi connectivity index (χ4v) is 0.949. The average molecular weight is 186 g/mol. The number of rotatable bonds is 2. The van der Waals surface area contributed by atoms with Gasteiger partial charge >= 0.3 is 0 Å². The monoisotopic (exact) mass is 186 g/mol. The highest BCUT2D eigenvalue weighted by molar-refractivity contribution is 7.84. The molecule has 12 heavy (non-hydrogen) atoms. The van der Waals surface area contributed by atoms with Crippen molar-refractivity contribution in [2.45, 2.75) is 26.2 Å². The van der Waals surface area contributed by atoms with Gasteiger partial charge in [0.05, 0.1) is 0 Å². The summed E-state index contributed by atoms with van der Waals surface area (Å²) in [6, 6.07) is 0. The third-order valence-corrected chi connectivity index (χ3v) is 1.76. The van der Waals surface area contributed by atoms with E-state index >= 15 is 0 Å². The number of nitrogens with one attached hydrogen (secondary N) is 1. The number of hydrazine groups is 1. The van der Waals surface area contributed by atoms with E-state index in [1.165, 1.54) is 4.91 Å². The SMILES string of the molecule is CCCNN.SC1=CC=CCC1. The molecule has 0 saturated carbocycles. The lowest BCUT2D eigenvalue weighted by molar-refractivity contribution is 0.714. The van der Waals surface area contributed by atoms with Gasteiger partial charge in [0, 0.05) is 6.54 Å². The lowest BCUT2D eigenvalue weighted by Crippen LogP contribution is -2.21. The maximum Gasteiger partial charge on any atom is 0.00947 e. The van der Waals surface area contributed by atoms with Crippen LogP contribution in [-0.4, -0.2) is 6.54 Å². The topological polar surface area (TPSA) is 38.0 Å². The summed E-state index contributed by atoms with van der Waals surface area (Å²) in [4.78, 5) is 1.20. The highest BCUT2D eigenvalue weighted by atomic mass is 32.1. The molecule has 0 amide bonds. The van der Waals surface area contributed by atoms with Crippen LogP contribution in [0.2, 0.25) is 0 Å². The second-order valence-electron chi connectivity index (χ2n) is 2.58. The normalized spacial score (nSPS) is 14.8. The molecule has 3 heteroatoms. The minimum atomic E-state index is 0.917. The summed E-state index contributed by atoms with van der Waals surface area (Å²) in [6.45, 7) is 2.99. The van der Waals surface area contributed by atoms with Crippen molar-refractivity contribution in [3.63, 3.8) is 0 Å². The summed E-state index contributed by atoms with van der Waals surface area (Å²) < 4.78 is 0. The third kappa shape index (κ3) is 7.85. The molecular formula is C9H18N2S. The van der Waals surface area contributed by atoms with Crippen molar-refractivity contribution in [2.24, 2.45) is 5.84 Å². The summed E-state index contributed by atoms with van der Waals surface area (Å²) in [5.41, 5.74) is 2.52. The Morgan fingerprint density at radius 2 is 2.42 bits per heavy atom. The molecule has 0 aromatic carbocycles. The van der Waals surface area contributed by atoms with Crippen LogP contribution < -0.4 is 11.3 Å². The predicted octanol–water partition coefficient (Wildman–Crippen LogP) is 2.01. The minimum absolute atomic E-state index is 0.917. The van der Waals surface area contributed by atoms with Crippen LogP contribution >= 0.6 is 12.6 Å². The van der Waals surface area contributed by atoms with Crippen LogP contribution in [0.4, 0.5) is 0 Å². The molecule has 0 saturated heterocycles. The summed E-state index contributed by atoms with van der Waals surface area (Å²) in [7, 11) is 0. The largest absolute Gasteiger partial charge is 0.271 e. The van der Waals surface area contributed by atoms with Crippen molar-refractivity contribution in [3.8, 4) is 0 Å². The lowest BCUT2D eigenvalue weighted by atomic mass is 10.2. The molecule has 0 spiro atoms. The summed E-state index contributed by atoms with van der Waals surface area (Å²) in [6.07, 6.45) is 9.63. The van der Waals surface area contributed by atoms with E-state index < -0.39 is 0 Å². The van der Waals surface area contributed by atoms with E-state index in [9.17, 15) is 0 Å². The molecule has 2 nitrogen and oxygen atoms in total. The van der Waals surface area contributed by atoms with Crippen LogP contribution in [0.15, 0.2) is 23.1 Å². The van der Waals surface area contributed by atoms with E-state index in [0.717, 1.165) is 25.8 Å². The smallest absolute Gasteiger partial charge is 0.00947 e. The van der Waals surface area contributed by atoms with Crippen LogP contribution in [0.3, 0.4) is 0 Å². The van der Waals surface area contributed by atoms with Crippen molar-refractivity contribution < 1.29 is 0 Å². The molecule has 0 radical (unpaired) electrons. The van der Waals surface area contributed by atoms with Crippen molar-refractivity contribution in [1.29, 1.82) is 0 Å². The van der Waals surface area contributed by atoms with Gasteiger partial charge in [-0.15, -0.1) is 12.6 Å². The van der Waals surface area contributed by atoms with E-state index in [1.54, 1.807) is 0 Å². The van der Waals surface area contributed by atoms with E-state index in [4.69, 9.17) is 5.84 Å². The lowest BCUT2D eigenvalue weighted by Gasteiger charge is -1.97. The molecule has 0 atom stereocenters. The molecular weight excluding hydrogens is 168 g/mol. The summed E-state index contributed by atoms with van der Waals surface area (Å²) in [5, 5.41) is 0. The molecule has 0 aliphatic heterocycles. The maximum absolute atomic E-state index is 4.89. The molecule has 3 N–H and O–H groups in total. The summed E-state index contributed by atoms with van der Waals surface area (Å²) >= 11 is 4.17. The van der Waals surface area contributed by atoms with Gasteiger partial charge in [0.2, 0.25) is 0 Å². The second-order valence-corrected chi connectivity index (χ2v) is 3.15. The van der Waals surface area contributed by atoms with Gasteiger partial charge in [-0.2, -0.15) is 0 Å². The molecule has 0 bridgehead atoms. The molecule has 0 unspecified atom stereocenters. The Balaban J connectivity index is 0.000000217. The minimum Gasteiger partial charge on any atom is -0.271 e. The molecule has 0 fully saturated rings. The first-order valence-electron chi connectivity index (χ1n) is 4.29. The van der Waals surface area contributed by atoms with Gasteiger partial charge in [-0.05, 0) is 24.2 Å². The van der Waals surface area contributed by atoms with Gasteiger partial charge in [-0.3, -0.25) is 11.3 Å². The molecule has 1 aliphatic rings. The molecule has 0 aromatic heterocycles. The van der Waals surface area contributed by atoms with Gasteiger partial charge in [-0.25, -0.2) is 0 Å². The van der Waals surface area contributed by atoms with Gasteiger partial charge in [0.1, 0.15) is 0 Å². The zero-order chi connectivity index (χ0) is 9.23. The van der Waals surface area contributed by atoms with Gasteiger partial charge < -0.3 is 0 Å². The Bertz CT molecular complexity index is 151. The van der Waals surface area contributed by atoms with Crippen molar-refractivity contribution >= 4 is 12.6 Å². The Morgan fingerprint density at radius 3 is 2.58 bits per heavy atom. The van der Waals surface area contributed by atoms with Crippen molar-refractivity contribution in [3.05, 3.63) is 23.1 Å². The molecule has 1 aliphatic carbocycles. The quantitative estimate of drug-likeness (QED) is 0.350. The van der Waals surface area contributed by atoms with Crippen LogP contribution in [0.25, 0.3) is 0 Å². The Kier molecular flexibility index (Phi) is 8.66. The average Bonchev–Trinajstić information content (AvgIpc) is 2.08. The number of hydrogen-bond donors (Lipinski definition) is 3. The molecule has 0 aromatic rings. The van der Waals surface area contributed by atoms with Crippen molar-refractivity contribution in [1.82, 2.24) is 5.43 Å². The number of nitrogens with two attached hydrogens (primary N) is 1. The van der Waals surface area contributed by atoms with Crippen LogP contribution in [0, 0.1) is 0 Å². The standard InChI is InChI=1S/C6H8S.C3H10N2/c7-6-4-2-1-3-5-6;1-2-3-5-4/h1-2,4,7H,3,5H2;5H,2-4H2,1H3. The number of hydrogen-bond acceptors (Lipinski definition) is 3. The van der Waals surface area contributed by atoms with Gasteiger partial charge in [0.25, 0.3) is 0 Å². The highest BCUT2D eigenvalue weighted by Crippen LogP contribution is 2.13. The first-order valence-corrected chi connectivity index (χ1v) is 4.74. The van der Waals surface area contributed by atoms with Crippen LogP contribution in [0.1, 0.15) is 26.2 Å². The molecule has 70 valence electrons. The first-order chi connectivity index (χ1) is 5.81. The Morgan fingerprint density at radius 1 is 1.67 bits per heavy atom. The fraction of sp³-hybridized carbons (Fsp3) is 0.556. The molecule has 0 heterocycles. The molecule has 1 rings (SSSR count).